The molecule has 0 spiro atoms. The van der Waals surface area contributed by atoms with Gasteiger partial charge < -0.3 is 14.5 Å². The van der Waals surface area contributed by atoms with Gasteiger partial charge in [-0.1, -0.05) is 0 Å². The van der Waals surface area contributed by atoms with Crippen LogP contribution in [0.4, 0.5) is 5.82 Å². The molecule has 1 unspecified atom stereocenters. The summed E-state index contributed by atoms with van der Waals surface area (Å²) in [5.41, 5.74) is 1.62. The first-order valence-electron chi connectivity index (χ1n) is 8.05. The van der Waals surface area contributed by atoms with E-state index in [2.05, 4.69) is 16.0 Å². The maximum Gasteiger partial charge on any atom is 0.259 e. The number of ether oxygens (including phenoxy) is 1. The highest BCUT2D eigenvalue weighted by Crippen LogP contribution is 2.34. The molecule has 0 bridgehead atoms. The van der Waals surface area contributed by atoms with E-state index in [-0.39, 0.29) is 11.9 Å². The molecule has 1 atom stereocenters. The third-order valence-electron chi connectivity index (χ3n) is 4.32. The van der Waals surface area contributed by atoms with Gasteiger partial charge in [-0.2, -0.15) is 0 Å². The highest BCUT2D eigenvalue weighted by Gasteiger charge is 2.32. The van der Waals surface area contributed by atoms with Crippen molar-refractivity contribution in [3.63, 3.8) is 0 Å². The number of likely N-dealkylation sites (tertiary alicyclic amines) is 1. The van der Waals surface area contributed by atoms with E-state index in [9.17, 15) is 4.79 Å². The van der Waals surface area contributed by atoms with Gasteiger partial charge in [0.25, 0.3) is 5.91 Å². The van der Waals surface area contributed by atoms with Crippen LogP contribution < -0.4 is 9.64 Å². The number of anilines is 1. The van der Waals surface area contributed by atoms with Gasteiger partial charge in [0, 0.05) is 33.0 Å². The first-order chi connectivity index (χ1) is 11.6. The van der Waals surface area contributed by atoms with Crippen molar-refractivity contribution in [2.24, 2.45) is 0 Å². The molecule has 6 nitrogen and oxygen atoms in total. The molecule has 1 aliphatic rings. The Kier molecular flexibility index (Phi) is 4.64. The van der Waals surface area contributed by atoms with Gasteiger partial charge >= 0.3 is 0 Å². The topological polar surface area (TPSA) is 58.6 Å². The number of amides is 1. The Balaban J connectivity index is 1.90. The second-order valence-corrected chi connectivity index (χ2v) is 6.06. The van der Waals surface area contributed by atoms with Gasteiger partial charge in [-0.15, -0.1) is 0 Å². The van der Waals surface area contributed by atoms with Gasteiger partial charge in [0.2, 0.25) is 5.88 Å². The number of pyridine rings is 2. The van der Waals surface area contributed by atoms with Crippen molar-refractivity contribution in [3.05, 3.63) is 47.8 Å². The molecule has 3 rings (SSSR count). The second kappa shape index (κ2) is 6.86. The number of methoxy groups -OCH3 is 1. The van der Waals surface area contributed by atoms with Crippen LogP contribution in [-0.2, 0) is 0 Å². The molecule has 2 aromatic heterocycles. The van der Waals surface area contributed by atoms with Crippen LogP contribution in [0.2, 0.25) is 0 Å². The number of rotatable bonds is 4. The van der Waals surface area contributed by atoms with Crippen LogP contribution in [0, 0.1) is 0 Å². The fourth-order valence-electron chi connectivity index (χ4n) is 3.11. The summed E-state index contributed by atoms with van der Waals surface area (Å²) >= 11 is 0. The lowest BCUT2D eigenvalue weighted by Gasteiger charge is -2.26. The van der Waals surface area contributed by atoms with E-state index in [1.54, 1.807) is 24.5 Å². The molecular formula is C18H22N4O2. The predicted molar refractivity (Wildman–Crippen MR) is 92.4 cm³/mol. The minimum Gasteiger partial charge on any atom is -0.480 e. The van der Waals surface area contributed by atoms with E-state index < -0.39 is 0 Å². The van der Waals surface area contributed by atoms with Crippen LogP contribution in [-0.4, -0.2) is 48.5 Å². The second-order valence-electron chi connectivity index (χ2n) is 6.06. The van der Waals surface area contributed by atoms with Crippen molar-refractivity contribution >= 4 is 11.7 Å². The fraction of sp³-hybridized carbons (Fsp3) is 0.389. The summed E-state index contributed by atoms with van der Waals surface area (Å²) in [5, 5.41) is 0. The molecule has 1 aliphatic heterocycles. The molecule has 6 heteroatoms. The Hall–Kier alpha value is -2.63. The monoisotopic (exact) mass is 326 g/mol. The number of carbonyl (C=O) groups is 1. The standard InChI is InChI=1S/C18H22N4O2/c1-21(2)16-12-13(8-10-19-16)15-7-5-11-22(15)18(23)14-6-4-9-20-17(14)24-3/h4,6,8-10,12,15H,5,7,11H2,1-3H3. The van der Waals surface area contributed by atoms with Gasteiger partial charge in [0.05, 0.1) is 13.2 Å². The zero-order chi connectivity index (χ0) is 17.1. The summed E-state index contributed by atoms with van der Waals surface area (Å²) in [6.45, 7) is 0.737. The minimum atomic E-state index is -0.0364. The minimum absolute atomic E-state index is 0.0364. The van der Waals surface area contributed by atoms with E-state index in [0.717, 1.165) is 30.8 Å². The molecule has 1 fully saturated rings. The molecular weight excluding hydrogens is 304 g/mol. The third-order valence-corrected chi connectivity index (χ3v) is 4.32. The van der Waals surface area contributed by atoms with Crippen LogP contribution >= 0.6 is 0 Å². The predicted octanol–water partition coefficient (Wildman–Crippen LogP) is 2.53. The lowest BCUT2D eigenvalue weighted by Crippen LogP contribution is -2.31. The van der Waals surface area contributed by atoms with Crippen LogP contribution in [0.1, 0.15) is 34.8 Å². The Morgan fingerprint density at radius 1 is 1.29 bits per heavy atom. The van der Waals surface area contributed by atoms with Gasteiger partial charge in [-0.3, -0.25) is 4.79 Å². The summed E-state index contributed by atoms with van der Waals surface area (Å²) in [7, 11) is 5.46. The molecule has 0 aromatic carbocycles. The summed E-state index contributed by atoms with van der Waals surface area (Å²) in [6.07, 6.45) is 5.36. The Morgan fingerprint density at radius 2 is 2.12 bits per heavy atom. The van der Waals surface area contributed by atoms with E-state index in [1.165, 1.54) is 7.11 Å². The summed E-state index contributed by atoms with van der Waals surface area (Å²) < 4.78 is 5.24. The van der Waals surface area contributed by atoms with Crippen LogP contribution in [0.15, 0.2) is 36.7 Å². The zero-order valence-electron chi connectivity index (χ0n) is 14.3. The number of nitrogens with zero attached hydrogens (tertiary/aromatic N) is 4. The molecule has 0 aliphatic carbocycles. The maximum atomic E-state index is 13.0. The number of aromatic nitrogens is 2. The van der Waals surface area contributed by atoms with Crippen LogP contribution in [0.25, 0.3) is 0 Å². The molecule has 0 radical (unpaired) electrons. The van der Waals surface area contributed by atoms with Crippen LogP contribution in [0.3, 0.4) is 0 Å². The van der Waals surface area contributed by atoms with E-state index in [1.807, 2.05) is 30.0 Å². The van der Waals surface area contributed by atoms with Crippen molar-refractivity contribution in [1.29, 1.82) is 0 Å². The highest BCUT2D eigenvalue weighted by atomic mass is 16.5. The lowest BCUT2D eigenvalue weighted by atomic mass is 10.0. The molecule has 24 heavy (non-hydrogen) atoms. The highest BCUT2D eigenvalue weighted by molar-refractivity contribution is 5.96. The summed E-state index contributed by atoms with van der Waals surface area (Å²) in [4.78, 5) is 25.4. The SMILES string of the molecule is COc1ncccc1C(=O)N1CCCC1c1ccnc(N(C)C)c1. The van der Waals surface area contributed by atoms with E-state index in [4.69, 9.17) is 4.74 Å². The van der Waals surface area contributed by atoms with Gasteiger partial charge in [0.1, 0.15) is 11.4 Å². The molecule has 0 N–H and O–H groups in total. The first-order valence-corrected chi connectivity index (χ1v) is 8.05. The molecule has 2 aromatic rings. The van der Waals surface area contributed by atoms with Crippen LogP contribution in [0.5, 0.6) is 5.88 Å². The van der Waals surface area contributed by atoms with Crippen molar-refractivity contribution in [3.8, 4) is 5.88 Å². The first kappa shape index (κ1) is 16.2. The maximum absolute atomic E-state index is 13.0. The largest absolute Gasteiger partial charge is 0.480 e. The third kappa shape index (κ3) is 3.04. The van der Waals surface area contributed by atoms with Crippen molar-refractivity contribution in [2.75, 3.05) is 32.6 Å². The summed E-state index contributed by atoms with van der Waals surface area (Å²) in [5.74, 6) is 1.23. The average Bonchev–Trinajstić information content (AvgIpc) is 3.11. The molecule has 3 heterocycles. The van der Waals surface area contributed by atoms with E-state index in [0.29, 0.717) is 11.4 Å². The summed E-state index contributed by atoms with van der Waals surface area (Å²) in [6, 6.07) is 7.63. The molecule has 1 amide bonds. The zero-order valence-corrected chi connectivity index (χ0v) is 14.3. The smallest absolute Gasteiger partial charge is 0.259 e. The average molecular weight is 326 g/mol. The van der Waals surface area contributed by atoms with Crippen molar-refractivity contribution in [2.45, 2.75) is 18.9 Å². The molecule has 0 saturated carbocycles. The number of hydrogen-bond acceptors (Lipinski definition) is 5. The molecule has 126 valence electrons. The number of hydrogen-bond donors (Lipinski definition) is 0. The van der Waals surface area contributed by atoms with Crippen molar-refractivity contribution in [1.82, 2.24) is 14.9 Å². The van der Waals surface area contributed by atoms with Gasteiger partial charge in [0.15, 0.2) is 0 Å². The fourth-order valence-corrected chi connectivity index (χ4v) is 3.11. The Morgan fingerprint density at radius 3 is 2.88 bits per heavy atom. The van der Waals surface area contributed by atoms with E-state index >= 15 is 0 Å². The van der Waals surface area contributed by atoms with Crippen molar-refractivity contribution < 1.29 is 9.53 Å². The van der Waals surface area contributed by atoms with Gasteiger partial charge in [-0.05, 0) is 42.7 Å². The van der Waals surface area contributed by atoms with Gasteiger partial charge in [-0.25, -0.2) is 9.97 Å². The number of carbonyl (C=O) groups excluding carboxylic acids is 1. The Labute approximate surface area is 142 Å². The quantitative estimate of drug-likeness (QED) is 0.864. The lowest BCUT2D eigenvalue weighted by molar-refractivity contribution is 0.0731. The molecule has 1 saturated heterocycles. The Bertz CT molecular complexity index is 732. The normalized spacial score (nSPS) is 17.0.